The molecular formula is C25H24Cl2N2O. The zero-order valence-electron chi connectivity index (χ0n) is 16.6. The molecule has 2 bridgehead atoms. The Kier molecular flexibility index (Phi) is 5.32. The molecule has 2 saturated heterocycles. The lowest BCUT2D eigenvalue weighted by molar-refractivity contribution is -0.0684. The van der Waals surface area contributed by atoms with Gasteiger partial charge in [0.05, 0.1) is 11.7 Å². The molecule has 3 aromatic rings. The Morgan fingerprint density at radius 3 is 1.87 bits per heavy atom. The highest BCUT2D eigenvalue weighted by Crippen LogP contribution is 2.51. The molecule has 1 N–H and O–H groups in total. The van der Waals surface area contributed by atoms with E-state index in [1.807, 2.05) is 54.6 Å². The van der Waals surface area contributed by atoms with E-state index in [0.29, 0.717) is 12.8 Å². The van der Waals surface area contributed by atoms with E-state index in [1.165, 1.54) is 0 Å². The molecule has 0 saturated carbocycles. The second-order valence-electron chi connectivity index (χ2n) is 8.43. The summed E-state index contributed by atoms with van der Waals surface area (Å²) in [5, 5.41) is 13.0. The molecule has 0 aliphatic carbocycles. The van der Waals surface area contributed by atoms with E-state index < -0.39 is 5.60 Å². The van der Waals surface area contributed by atoms with Crippen LogP contribution in [0.15, 0.2) is 72.9 Å². The third-order valence-corrected chi connectivity index (χ3v) is 7.35. The molecule has 5 rings (SSSR count). The summed E-state index contributed by atoms with van der Waals surface area (Å²) in [6.45, 7) is 0. The minimum absolute atomic E-state index is 0.0433. The SMILES string of the molecule is OC1(c2ccccn2)CC2CCC(C1)N2C(c1ccccc1Cl)c1ccccc1Cl. The first-order valence-electron chi connectivity index (χ1n) is 10.5. The summed E-state index contributed by atoms with van der Waals surface area (Å²) < 4.78 is 0. The van der Waals surface area contributed by atoms with E-state index in [4.69, 9.17) is 23.2 Å². The molecule has 3 nitrogen and oxygen atoms in total. The summed E-state index contributed by atoms with van der Waals surface area (Å²) in [5.41, 5.74) is 2.00. The van der Waals surface area contributed by atoms with Gasteiger partial charge in [-0.25, -0.2) is 0 Å². The van der Waals surface area contributed by atoms with Crippen LogP contribution in [0.25, 0.3) is 0 Å². The molecule has 5 heteroatoms. The monoisotopic (exact) mass is 438 g/mol. The fourth-order valence-corrected chi connectivity index (χ4v) is 5.89. The summed E-state index contributed by atoms with van der Waals surface area (Å²) in [4.78, 5) is 7.02. The zero-order valence-corrected chi connectivity index (χ0v) is 18.1. The van der Waals surface area contributed by atoms with Gasteiger partial charge < -0.3 is 5.11 Å². The van der Waals surface area contributed by atoms with Crippen LogP contribution in [0.2, 0.25) is 10.0 Å². The van der Waals surface area contributed by atoms with E-state index in [9.17, 15) is 5.11 Å². The van der Waals surface area contributed by atoms with Gasteiger partial charge in [0.15, 0.2) is 0 Å². The van der Waals surface area contributed by atoms with Gasteiger partial charge in [-0.15, -0.1) is 0 Å². The highest BCUT2D eigenvalue weighted by atomic mass is 35.5. The third-order valence-electron chi connectivity index (χ3n) is 6.66. The normalized spacial score (nSPS) is 26.3. The Morgan fingerprint density at radius 2 is 1.37 bits per heavy atom. The number of aliphatic hydroxyl groups is 1. The van der Waals surface area contributed by atoms with Crippen LogP contribution in [0.4, 0.5) is 0 Å². The van der Waals surface area contributed by atoms with Crippen molar-refractivity contribution in [2.75, 3.05) is 0 Å². The molecule has 2 aliphatic rings. The highest BCUT2D eigenvalue weighted by Gasteiger charge is 2.51. The summed E-state index contributed by atoms with van der Waals surface area (Å²) in [6.07, 6.45) is 5.17. The van der Waals surface area contributed by atoms with Crippen molar-refractivity contribution in [2.45, 2.75) is 49.4 Å². The number of benzene rings is 2. The summed E-state index contributed by atoms with van der Waals surface area (Å²) in [7, 11) is 0. The topological polar surface area (TPSA) is 36.4 Å². The first-order valence-corrected chi connectivity index (χ1v) is 11.2. The van der Waals surface area contributed by atoms with E-state index in [-0.39, 0.29) is 18.1 Å². The molecule has 0 spiro atoms. The van der Waals surface area contributed by atoms with Gasteiger partial charge in [-0.3, -0.25) is 9.88 Å². The first-order chi connectivity index (χ1) is 14.6. The van der Waals surface area contributed by atoms with Crippen LogP contribution in [0.5, 0.6) is 0 Å². The maximum absolute atomic E-state index is 11.5. The van der Waals surface area contributed by atoms with Crippen molar-refractivity contribution in [3.63, 3.8) is 0 Å². The number of fused-ring (bicyclic) bond motifs is 2. The number of aromatic nitrogens is 1. The van der Waals surface area contributed by atoms with Crippen LogP contribution < -0.4 is 0 Å². The van der Waals surface area contributed by atoms with Gasteiger partial charge in [-0.05, 0) is 61.1 Å². The first kappa shape index (κ1) is 20.0. The number of hydrogen-bond acceptors (Lipinski definition) is 3. The summed E-state index contributed by atoms with van der Waals surface area (Å²) in [6, 6.07) is 22.2. The molecule has 30 heavy (non-hydrogen) atoms. The van der Waals surface area contributed by atoms with Gasteiger partial charge in [0.25, 0.3) is 0 Å². The number of rotatable bonds is 4. The standard InChI is InChI=1S/C25H24Cl2N2O/c26-21-9-3-1-7-19(21)24(20-8-2-4-10-22(20)27)29-17-12-13-18(29)16-25(30,15-17)23-11-5-6-14-28-23/h1-11,14,17-18,24,30H,12-13,15-16H2. The minimum atomic E-state index is -0.894. The quantitative estimate of drug-likeness (QED) is 0.542. The molecule has 3 heterocycles. The van der Waals surface area contributed by atoms with Crippen molar-refractivity contribution in [2.24, 2.45) is 0 Å². The van der Waals surface area contributed by atoms with Crippen molar-refractivity contribution in [3.05, 3.63) is 99.8 Å². The van der Waals surface area contributed by atoms with Crippen molar-refractivity contribution in [3.8, 4) is 0 Å². The van der Waals surface area contributed by atoms with Gasteiger partial charge in [0, 0.05) is 28.3 Å². The lowest BCUT2D eigenvalue weighted by atomic mass is 9.81. The van der Waals surface area contributed by atoms with Crippen molar-refractivity contribution in [1.29, 1.82) is 0 Å². The zero-order chi connectivity index (χ0) is 20.7. The summed E-state index contributed by atoms with van der Waals surface area (Å²) >= 11 is 13.4. The number of piperidine rings is 1. The van der Waals surface area contributed by atoms with Crippen LogP contribution in [-0.2, 0) is 5.60 Å². The van der Waals surface area contributed by atoms with Gasteiger partial charge in [0.1, 0.15) is 5.60 Å². The molecule has 2 aromatic carbocycles. The maximum atomic E-state index is 11.5. The Bertz CT molecular complexity index is 983. The highest BCUT2D eigenvalue weighted by molar-refractivity contribution is 6.32. The van der Waals surface area contributed by atoms with E-state index in [1.54, 1.807) is 6.20 Å². The average Bonchev–Trinajstić information content (AvgIpc) is 3.02. The van der Waals surface area contributed by atoms with Crippen molar-refractivity contribution < 1.29 is 5.11 Å². The van der Waals surface area contributed by atoms with Gasteiger partial charge >= 0.3 is 0 Å². The molecule has 2 aliphatic heterocycles. The summed E-state index contributed by atoms with van der Waals surface area (Å²) in [5.74, 6) is 0. The van der Waals surface area contributed by atoms with Crippen LogP contribution >= 0.6 is 23.2 Å². The molecule has 2 unspecified atom stereocenters. The smallest absolute Gasteiger partial charge is 0.109 e. The number of pyridine rings is 1. The number of halogens is 2. The fraction of sp³-hybridized carbons (Fsp3) is 0.320. The molecule has 2 fully saturated rings. The second kappa shape index (κ2) is 7.97. The third kappa shape index (κ3) is 3.44. The average molecular weight is 439 g/mol. The molecule has 0 radical (unpaired) electrons. The van der Waals surface area contributed by atoms with Crippen LogP contribution in [0, 0.1) is 0 Å². The predicted octanol–water partition coefficient (Wildman–Crippen LogP) is 5.99. The lowest BCUT2D eigenvalue weighted by Crippen LogP contribution is -2.51. The van der Waals surface area contributed by atoms with Crippen molar-refractivity contribution >= 4 is 23.2 Å². The van der Waals surface area contributed by atoms with Gasteiger partial charge in [-0.1, -0.05) is 65.7 Å². The number of nitrogens with zero attached hydrogens (tertiary/aromatic N) is 2. The Labute approximate surface area is 187 Å². The Balaban J connectivity index is 1.57. The Hall–Kier alpha value is -1.91. The van der Waals surface area contributed by atoms with Gasteiger partial charge in [-0.2, -0.15) is 0 Å². The van der Waals surface area contributed by atoms with E-state index in [2.05, 4.69) is 22.0 Å². The van der Waals surface area contributed by atoms with Crippen molar-refractivity contribution in [1.82, 2.24) is 9.88 Å². The van der Waals surface area contributed by atoms with Crippen LogP contribution in [0.1, 0.15) is 48.5 Å². The largest absolute Gasteiger partial charge is 0.383 e. The Morgan fingerprint density at radius 1 is 0.833 bits per heavy atom. The second-order valence-corrected chi connectivity index (χ2v) is 9.25. The molecule has 0 amide bonds. The lowest BCUT2D eigenvalue weighted by Gasteiger charge is -2.47. The molecule has 2 atom stereocenters. The number of hydrogen-bond donors (Lipinski definition) is 1. The maximum Gasteiger partial charge on any atom is 0.109 e. The van der Waals surface area contributed by atoms with E-state index in [0.717, 1.165) is 39.7 Å². The van der Waals surface area contributed by atoms with E-state index >= 15 is 0 Å². The minimum Gasteiger partial charge on any atom is -0.383 e. The molecule has 154 valence electrons. The molecular weight excluding hydrogens is 415 g/mol. The van der Waals surface area contributed by atoms with Crippen LogP contribution in [0.3, 0.4) is 0 Å². The van der Waals surface area contributed by atoms with Crippen LogP contribution in [-0.4, -0.2) is 27.1 Å². The molecule has 1 aromatic heterocycles. The predicted molar refractivity (Wildman–Crippen MR) is 121 cm³/mol. The fourth-order valence-electron chi connectivity index (χ4n) is 5.41. The van der Waals surface area contributed by atoms with Gasteiger partial charge in [0.2, 0.25) is 0 Å².